The fraction of sp³-hybridized carbons (Fsp3) is 0.438. The highest BCUT2D eigenvalue weighted by molar-refractivity contribution is 6.29. The molecule has 0 fully saturated rings. The van der Waals surface area contributed by atoms with E-state index in [1.807, 2.05) is 23.7 Å². The minimum atomic E-state index is 0.650. The highest BCUT2D eigenvalue weighted by Gasteiger charge is 2.12. The summed E-state index contributed by atoms with van der Waals surface area (Å²) in [5.74, 6) is 2.44. The van der Waals surface area contributed by atoms with Crippen molar-refractivity contribution in [2.24, 2.45) is 7.05 Å². The summed E-state index contributed by atoms with van der Waals surface area (Å²) in [6.07, 6.45) is 1.68. The molecule has 2 aromatic rings. The third-order valence-electron chi connectivity index (χ3n) is 3.69. The maximum Gasteiger partial charge on any atom is 0.161 e. The quantitative estimate of drug-likeness (QED) is 0.785. The molecule has 0 saturated heterocycles. The molecule has 1 aromatic heterocycles. The Morgan fingerprint density at radius 2 is 1.91 bits per heavy atom. The zero-order chi connectivity index (χ0) is 16.1. The van der Waals surface area contributed by atoms with Crippen molar-refractivity contribution in [2.45, 2.75) is 20.0 Å². The number of halogens is 1. The van der Waals surface area contributed by atoms with Gasteiger partial charge in [0.25, 0.3) is 0 Å². The van der Waals surface area contributed by atoms with Crippen LogP contribution in [0.5, 0.6) is 11.5 Å². The molecular formula is C16H22ClN3O2. The van der Waals surface area contributed by atoms with Crippen molar-refractivity contribution in [3.05, 3.63) is 40.9 Å². The van der Waals surface area contributed by atoms with E-state index in [2.05, 4.69) is 22.9 Å². The molecular weight excluding hydrogens is 302 g/mol. The van der Waals surface area contributed by atoms with Crippen LogP contribution in [0.15, 0.2) is 24.4 Å². The normalized spacial score (nSPS) is 11.0. The topological polar surface area (TPSA) is 39.5 Å². The van der Waals surface area contributed by atoms with Crippen molar-refractivity contribution in [1.29, 1.82) is 0 Å². The Balaban J connectivity index is 2.11. The number of nitrogens with zero attached hydrogens (tertiary/aromatic N) is 3. The minimum absolute atomic E-state index is 0.650. The summed E-state index contributed by atoms with van der Waals surface area (Å²) in [5, 5.41) is 0.650. The highest BCUT2D eigenvalue weighted by atomic mass is 35.5. The van der Waals surface area contributed by atoms with Crippen LogP contribution in [0.3, 0.4) is 0 Å². The zero-order valence-electron chi connectivity index (χ0n) is 13.5. The van der Waals surface area contributed by atoms with Crippen LogP contribution in [0.2, 0.25) is 5.15 Å². The lowest BCUT2D eigenvalue weighted by Gasteiger charge is -2.21. The van der Waals surface area contributed by atoms with E-state index in [9.17, 15) is 0 Å². The molecule has 0 spiro atoms. The summed E-state index contributed by atoms with van der Waals surface area (Å²) >= 11 is 6.04. The number of benzene rings is 1. The summed E-state index contributed by atoms with van der Waals surface area (Å²) in [5.41, 5.74) is 1.17. The lowest BCUT2D eigenvalue weighted by molar-refractivity contribution is 0.261. The van der Waals surface area contributed by atoms with Crippen LogP contribution in [0, 0.1) is 0 Å². The molecule has 0 bridgehead atoms. The molecule has 22 heavy (non-hydrogen) atoms. The summed E-state index contributed by atoms with van der Waals surface area (Å²) in [4.78, 5) is 6.64. The molecule has 1 aromatic carbocycles. The number of aromatic nitrogens is 2. The molecule has 0 aliphatic heterocycles. The van der Waals surface area contributed by atoms with Gasteiger partial charge in [-0.1, -0.05) is 24.6 Å². The molecule has 0 aliphatic carbocycles. The molecule has 0 saturated carbocycles. The van der Waals surface area contributed by atoms with Crippen LogP contribution in [-0.4, -0.2) is 35.2 Å². The van der Waals surface area contributed by atoms with Crippen molar-refractivity contribution in [1.82, 2.24) is 14.5 Å². The molecule has 1 heterocycles. The van der Waals surface area contributed by atoms with Gasteiger partial charge in [0.15, 0.2) is 11.5 Å². The molecule has 0 radical (unpaired) electrons. The summed E-state index contributed by atoms with van der Waals surface area (Å²) < 4.78 is 12.5. The fourth-order valence-corrected chi connectivity index (χ4v) is 2.43. The van der Waals surface area contributed by atoms with Gasteiger partial charge in [0.2, 0.25) is 0 Å². The number of methoxy groups -OCH3 is 2. The van der Waals surface area contributed by atoms with E-state index >= 15 is 0 Å². The van der Waals surface area contributed by atoms with Crippen LogP contribution in [0.1, 0.15) is 18.3 Å². The molecule has 5 nitrogen and oxygen atoms in total. The van der Waals surface area contributed by atoms with Crippen LogP contribution in [0.25, 0.3) is 0 Å². The van der Waals surface area contributed by atoms with Gasteiger partial charge in [0, 0.05) is 13.6 Å². The van der Waals surface area contributed by atoms with Gasteiger partial charge in [-0.3, -0.25) is 4.90 Å². The number of imidazole rings is 1. The van der Waals surface area contributed by atoms with Gasteiger partial charge in [0.1, 0.15) is 11.0 Å². The van der Waals surface area contributed by atoms with Gasteiger partial charge in [-0.25, -0.2) is 4.98 Å². The third-order valence-corrected chi connectivity index (χ3v) is 4.05. The number of hydrogen-bond donors (Lipinski definition) is 0. The van der Waals surface area contributed by atoms with Crippen LogP contribution in [0.4, 0.5) is 0 Å². The SMILES string of the molecule is CCN(Cc1ccc(OC)c(OC)c1)Cc1ncc(Cl)n1C. The van der Waals surface area contributed by atoms with Gasteiger partial charge in [0.05, 0.1) is 27.0 Å². The molecule has 2 rings (SSSR count). The van der Waals surface area contributed by atoms with Crippen LogP contribution >= 0.6 is 11.6 Å². The number of rotatable bonds is 7. The monoisotopic (exact) mass is 323 g/mol. The van der Waals surface area contributed by atoms with Crippen molar-refractivity contribution >= 4 is 11.6 Å². The van der Waals surface area contributed by atoms with E-state index in [4.69, 9.17) is 21.1 Å². The Hall–Kier alpha value is -1.72. The van der Waals surface area contributed by atoms with Gasteiger partial charge in [-0.15, -0.1) is 0 Å². The first kappa shape index (κ1) is 16.6. The first-order valence-electron chi connectivity index (χ1n) is 7.18. The molecule has 0 unspecified atom stereocenters. The van der Waals surface area contributed by atoms with Crippen molar-refractivity contribution in [3.63, 3.8) is 0 Å². The summed E-state index contributed by atoms with van der Waals surface area (Å²) in [7, 11) is 5.21. The largest absolute Gasteiger partial charge is 0.493 e. The van der Waals surface area contributed by atoms with E-state index in [1.165, 1.54) is 5.56 Å². The minimum Gasteiger partial charge on any atom is -0.493 e. The molecule has 0 aliphatic rings. The number of hydrogen-bond acceptors (Lipinski definition) is 4. The maximum absolute atomic E-state index is 6.04. The predicted octanol–water partition coefficient (Wildman–Crippen LogP) is 3.11. The third kappa shape index (κ3) is 3.72. The Labute approximate surface area is 136 Å². The standard InChI is InChI=1S/C16H22ClN3O2/c1-5-20(11-16-18-9-15(17)19(16)2)10-12-6-7-13(21-3)14(8-12)22-4/h6-9H,5,10-11H2,1-4H3. The molecule has 6 heteroatoms. The van der Waals surface area contributed by atoms with Crippen molar-refractivity contribution in [2.75, 3.05) is 20.8 Å². The van der Waals surface area contributed by atoms with E-state index in [0.717, 1.165) is 37.0 Å². The average Bonchev–Trinajstić information content (AvgIpc) is 2.85. The number of ether oxygens (including phenoxy) is 2. The zero-order valence-corrected chi connectivity index (χ0v) is 14.2. The van der Waals surface area contributed by atoms with Crippen LogP contribution < -0.4 is 9.47 Å². The fourth-order valence-electron chi connectivity index (χ4n) is 2.29. The molecule has 120 valence electrons. The second kappa shape index (κ2) is 7.51. The Morgan fingerprint density at radius 1 is 1.18 bits per heavy atom. The van der Waals surface area contributed by atoms with E-state index < -0.39 is 0 Å². The first-order valence-corrected chi connectivity index (χ1v) is 7.56. The summed E-state index contributed by atoms with van der Waals surface area (Å²) in [6, 6.07) is 5.99. The van der Waals surface area contributed by atoms with E-state index in [-0.39, 0.29) is 0 Å². The van der Waals surface area contributed by atoms with Crippen molar-refractivity contribution < 1.29 is 9.47 Å². The van der Waals surface area contributed by atoms with Gasteiger partial charge in [-0.05, 0) is 24.2 Å². The lowest BCUT2D eigenvalue weighted by Crippen LogP contribution is -2.24. The second-order valence-corrected chi connectivity index (χ2v) is 5.44. The van der Waals surface area contributed by atoms with Gasteiger partial charge in [-0.2, -0.15) is 0 Å². The van der Waals surface area contributed by atoms with E-state index in [1.54, 1.807) is 20.4 Å². The molecule has 0 atom stereocenters. The van der Waals surface area contributed by atoms with Crippen molar-refractivity contribution in [3.8, 4) is 11.5 Å². The average molecular weight is 324 g/mol. The smallest absolute Gasteiger partial charge is 0.161 e. The lowest BCUT2D eigenvalue weighted by atomic mass is 10.2. The molecule has 0 N–H and O–H groups in total. The summed E-state index contributed by atoms with van der Waals surface area (Å²) in [6.45, 7) is 4.60. The Kier molecular flexibility index (Phi) is 5.69. The highest BCUT2D eigenvalue weighted by Crippen LogP contribution is 2.28. The van der Waals surface area contributed by atoms with Gasteiger partial charge < -0.3 is 14.0 Å². The van der Waals surface area contributed by atoms with E-state index in [0.29, 0.717) is 5.15 Å². The molecule has 0 amide bonds. The van der Waals surface area contributed by atoms with Gasteiger partial charge >= 0.3 is 0 Å². The Morgan fingerprint density at radius 3 is 2.45 bits per heavy atom. The maximum atomic E-state index is 6.04. The second-order valence-electron chi connectivity index (χ2n) is 5.05. The van der Waals surface area contributed by atoms with Crippen LogP contribution in [-0.2, 0) is 20.1 Å². The first-order chi connectivity index (χ1) is 10.6. The predicted molar refractivity (Wildman–Crippen MR) is 87.6 cm³/mol. The Bertz CT molecular complexity index is 628.